The predicted octanol–water partition coefficient (Wildman–Crippen LogP) is 4.45. The Morgan fingerprint density at radius 3 is 2.50 bits per heavy atom. The Balaban J connectivity index is 2.27. The third-order valence-electron chi connectivity index (χ3n) is 2.39. The van der Waals surface area contributed by atoms with E-state index >= 15 is 0 Å². The van der Waals surface area contributed by atoms with Gasteiger partial charge in [0.25, 0.3) is 5.91 Å². The van der Waals surface area contributed by atoms with Crippen molar-refractivity contribution in [2.45, 2.75) is 6.18 Å². The fraction of sp³-hybridized carbons (Fsp3) is 0.0833. The summed E-state index contributed by atoms with van der Waals surface area (Å²) < 4.78 is 55.7. The summed E-state index contributed by atoms with van der Waals surface area (Å²) >= 11 is 2.97. The summed E-state index contributed by atoms with van der Waals surface area (Å²) in [6.45, 7) is 0. The molecule has 0 bridgehead atoms. The van der Waals surface area contributed by atoms with E-state index in [0.29, 0.717) is 12.1 Å². The summed E-state index contributed by atoms with van der Waals surface area (Å²) in [5.74, 6) is -2.08. The largest absolute Gasteiger partial charge is 0.457 e. The van der Waals surface area contributed by atoms with Gasteiger partial charge in [0.1, 0.15) is 5.82 Å². The molecular formula is C12H6BrF4NO2. The van der Waals surface area contributed by atoms with Gasteiger partial charge in [0.2, 0.25) is 0 Å². The molecule has 0 aliphatic heterocycles. The quantitative estimate of drug-likeness (QED) is 0.812. The summed E-state index contributed by atoms with van der Waals surface area (Å²) in [6, 6.07) is 3.55. The molecule has 3 nitrogen and oxygen atoms in total. The van der Waals surface area contributed by atoms with Crippen LogP contribution in [-0.2, 0) is 6.18 Å². The molecule has 20 heavy (non-hydrogen) atoms. The molecular weight excluding hydrogens is 346 g/mol. The Bertz CT molecular complexity index is 651. The molecule has 0 fully saturated rings. The van der Waals surface area contributed by atoms with Crippen LogP contribution in [0.4, 0.5) is 23.2 Å². The fourth-order valence-electron chi connectivity index (χ4n) is 1.47. The maximum Gasteiger partial charge on any atom is 0.419 e. The number of alkyl halides is 3. The SMILES string of the molecule is O=C(Nc1ccc(F)c(C(F)(F)F)c1)c1ccoc1Br. The number of halogens is 5. The van der Waals surface area contributed by atoms with Crippen LogP contribution in [0.2, 0.25) is 0 Å². The molecule has 0 spiro atoms. The lowest BCUT2D eigenvalue weighted by Gasteiger charge is -2.10. The van der Waals surface area contributed by atoms with Crippen molar-refractivity contribution in [1.82, 2.24) is 0 Å². The molecule has 0 saturated carbocycles. The highest BCUT2D eigenvalue weighted by molar-refractivity contribution is 9.10. The predicted molar refractivity (Wildman–Crippen MR) is 65.8 cm³/mol. The van der Waals surface area contributed by atoms with E-state index in [2.05, 4.69) is 21.2 Å². The van der Waals surface area contributed by atoms with Crippen molar-refractivity contribution < 1.29 is 26.8 Å². The summed E-state index contributed by atoms with van der Waals surface area (Å²) in [6.07, 6.45) is -3.59. The standard InChI is InChI=1S/C12H6BrF4NO2/c13-10-7(3-4-20-10)11(19)18-6-1-2-9(14)8(5-6)12(15,16)17/h1-5H,(H,18,19). The monoisotopic (exact) mass is 351 g/mol. The number of hydrogen-bond donors (Lipinski definition) is 1. The van der Waals surface area contributed by atoms with E-state index in [1.165, 1.54) is 12.3 Å². The van der Waals surface area contributed by atoms with Gasteiger partial charge in [0, 0.05) is 5.69 Å². The van der Waals surface area contributed by atoms with Crippen LogP contribution in [0.3, 0.4) is 0 Å². The average Bonchev–Trinajstić information content (AvgIpc) is 2.76. The molecule has 1 amide bonds. The van der Waals surface area contributed by atoms with Gasteiger partial charge in [-0.1, -0.05) is 0 Å². The zero-order valence-electron chi connectivity index (χ0n) is 9.59. The number of anilines is 1. The summed E-state index contributed by atoms with van der Waals surface area (Å²) in [7, 11) is 0. The van der Waals surface area contributed by atoms with E-state index < -0.39 is 23.5 Å². The number of amides is 1. The minimum atomic E-state index is -4.83. The maximum atomic E-state index is 13.1. The van der Waals surface area contributed by atoms with Crippen molar-refractivity contribution in [3.8, 4) is 0 Å². The van der Waals surface area contributed by atoms with Crippen molar-refractivity contribution in [3.05, 3.63) is 52.1 Å². The van der Waals surface area contributed by atoms with Crippen molar-refractivity contribution in [2.75, 3.05) is 5.32 Å². The fourth-order valence-corrected chi connectivity index (χ4v) is 1.89. The number of hydrogen-bond acceptors (Lipinski definition) is 2. The average molecular weight is 352 g/mol. The number of nitrogens with one attached hydrogen (secondary N) is 1. The number of carbonyl (C=O) groups is 1. The van der Waals surface area contributed by atoms with Crippen LogP contribution in [0.25, 0.3) is 0 Å². The molecule has 1 aromatic carbocycles. The van der Waals surface area contributed by atoms with Gasteiger partial charge in [-0.25, -0.2) is 4.39 Å². The number of carbonyl (C=O) groups excluding carboxylic acids is 1. The van der Waals surface area contributed by atoms with Crippen LogP contribution in [0.15, 0.2) is 39.6 Å². The van der Waals surface area contributed by atoms with Crippen molar-refractivity contribution in [1.29, 1.82) is 0 Å². The Kier molecular flexibility index (Phi) is 3.85. The van der Waals surface area contributed by atoms with Gasteiger partial charge >= 0.3 is 6.18 Å². The highest BCUT2D eigenvalue weighted by atomic mass is 79.9. The summed E-state index contributed by atoms with van der Waals surface area (Å²) in [4.78, 5) is 11.8. The second kappa shape index (κ2) is 5.28. The molecule has 0 saturated heterocycles. The van der Waals surface area contributed by atoms with Crippen LogP contribution in [-0.4, -0.2) is 5.91 Å². The molecule has 106 valence electrons. The molecule has 0 aliphatic rings. The van der Waals surface area contributed by atoms with E-state index in [9.17, 15) is 22.4 Å². The molecule has 0 aliphatic carbocycles. The highest BCUT2D eigenvalue weighted by Gasteiger charge is 2.34. The first-order valence-electron chi connectivity index (χ1n) is 5.20. The Morgan fingerprint density at radius 2 is 1.95 bits per heavy atom. The molecule has 0 atom stereocenters. The van der Waals surface area contributed by atoms with Gasteiger partial charge in [-0.15, -0.1) is 0 Å². The third kappa shape index (κ3) is 3.01. The van der Waals surface area contributed by atoms with E-state index in [1.807, 2.05) is 0 Å². The van der Waals surface area contributed by atoms with Crippen LogP contribution >= 0.6 is 15.9 Å². The second-order valence-electron chi connectivity index (χ2n) is 3.75. The highest BCUT2D eigenvalue weighted by Crippen LogP contribution is 2.33. The van der Waals surface area contributed by atoms with E-state index in [0.717, 1.165) is 6.07 Å². The first-order valence-corrected chi connectivity index (χ1v) is 5.99. The van der Waals surface area contributed by atoms with E-state index in [-0.39, 0.29) is 15.9 Å². The van der Waals surface area contributed by atoms with Crippen LogP contribution in [0.1, 0.15) is 15.9 Å². The zero-order valence-corrected chi connectivity index (χ0v) is 11.2. The van der Waals surface area contributed by atoms with Gasteiger partial charge in [-0.2, -0.15) is 13.2 Å². The van der Waals surface area contributed by atoms with Gasteiger partial charge in [0.15, 0.2) is 4.67 Å². The van der Waals surface area contributed by atoms with Gasteiger partial charge in [0.05, 0.1) is 17.4 Å². The molecule has 1 N–H and O–H groups in total. The zero-order chi connectivity index (χ0) is 14.9. The van der Waals surface area contributed by atoms with E-state index in [4.69, 9.17) is 4.42 Å². The molecule has 1 aromatic heterocycles. The van der Waals surface area contributed by atoms with Crippen molar-refractivity contribution in [3.63, 3.8) is 0 Å². The van der Waals surface area contributed by atoms with Gasteiger partial charge in [-0.05, 0) is 40.2 Å². The lowest BCUT2D eigenvalue weighted by molar-refractivity contribution is -0.139. The topological polar surface area (TPSA) is 42.2 Å². The first-order chi connectivity index (χ1) is 9.29. The smallest absolute Gasteiger partial charge is 0.419 e. The maximum absolute atomic E-state index is 13.1. The van der Waals surface area contributed by atoms with E-state index in [1.54, 1.807) is 0 Å². The van der Waals surface area contributed by atoms with Crippen LogP contribution in [0.5, 0.6) is 0 Å². The minimum Gasteiger partial charge on any atom is -0.457 e. The lowest BCUT2D eigenvalue weighted by Crippen LogP contribution is -2.14. The normalized spacial score (nSPS) is 11.4. The van der Waals surface area contributed by atoms with Crippen molar-refractivity contribution >= 4 is 27.5 Å². The Hall–Kier alpha value is -1.83. The molecule has 0 unspecified atom stereocenters. The Labute approximate surface area is 118 Å². The van der Waals surface area contributed by atoms with Gasteiger partial charge in [-0.3, -0.25) is 4.79 Å². The minimum absolute atomic E-state index is 0.114. The first kappa shape index (κ1) is 14.6. The van der Waals surface area contributed by atoms with Gasteiger partial charge < -0.3 is 9.73 Å². The summed E-state index contributed by atoms with van der Waals surface area (Å²) in [5.41, 5.74) is -1.50. The molecule has 2 rings (SSSR count). The van der Waals surface area contributed by atoms with Crippen LogP contribution < -0.4 is 5.32 Å². The number of rotatable bonds is 2. The molecule has 2 aromatic rings. The molecule has 0 radical (unpaired) electrons. The third-order valence-corrected chi connectivity index (χ3v) is 3.01. The molecule has 8 heteroatoms. The van der Waals surface area contributed by atoms with Crippen molar-refractivity contribution in [2.24, 2.45) is 0 Å². The summed E-state index contributed by atoms with van der Waals surface area (Å²) in [5, 5.41) is 2.23. The van der Waals surface area contributed by atoms with Crippen LogP contribution in [0, 0.1) is 5.82 Å². The number of furan rings is 1. The second-order valence-corrected chi connectivity index (χ2v) is 4.47. The molecule has 1 heterocycles. The number of benzene rings is 1. The lowest BCUT2D eigenvalue weighted by atomic mass is 10.1. The Morgan fingerprint density at radius 1 is 1.25 bits per heavy atom.